The number of hydrogen-bond donors (Lipinski definition) is 3. The fourth-order valence-electron chi connectivity index (χ4n) is 4.01. The Bertz CT molecular complexity index is 1110. The number of pyridine rings is 1. The Hall–Kier alpha value is -3.73. The van der Waals surface area contributed by atoms with E-state index < -0.39 is 0 Å². The van der Waals surface area contributed by atoms with Crippen LogP contribution in [0.3, 0.4) is 0 Å². The van der Waals surface area contributed by atoms with E-state index in [1.165, 1.54) is 19.3 Å². The maximum atomic E-state index is 9.56. The minimum atomic E-state index is 0.321. The van der Waals surface area contributed by atoms with Gasteiger partial charge >= 0.3 is 0 Å². The van der Waals surface area contributed by atoms with E-state index in [1.54, 1.807) is 24.1 Å². The molecule has 8 nitrogen and oxygen atoms in total. The Morgan fingerprint density at radius 2 is 2.03 bits per heavy atom. The van der Waals surface area contributed by atoms with Gasteiger partial charge < -0.3 is 21.1 Å². The maximum absolute atomic E-state index is 9.56. The smallest absolute Gasteiger partial charge is 0.148 e. The van der Waals surface area contributed by atoms with Crippen LogP contribution in [-0.4, -0.2) is 27.9 Å². The lowest BCUT2D eigenvalue weighted by Gasteiger charge is -2.24. The van der Waals surface area contributed by atoms with Crippen LogP contribution in [0.2, 0.25) is 0 Å². The number of hydrogen-bond acceptors (Lipinski definition) is 7. The van der Waals surface area contributed by atoms with E-state index in [9.17, 15) is 5.26 Å². The Morgan fingerprint density at radius 1 is 1.23 bits per heavy atom. The van der Waals surface area contributed by atoms with Gasteiger partial charge in [-0.15, -0.1) is 0 Å². The molecule has 160 valence electrons. The van der Waals surface area contributed by atoms with Crippen LogP contribution in [0.25, 0.3) is 11.1 Å². The Balaban J connectivity index is 1.60. The fourth-order valence-corrected chi connectivity index (χ4v) is 4.01. The molecule has 0 amide bonds. The molecular weight excluding hydrogens is 390 g/mol. The van der Waals surface area contributed by atoms with Gasteiger partial charge in [0, 0.05) is 48.2 Å². The number of nitriles is 1. The van der Waals surface area contributed by atoms with Crippen molar-refractivity contribution in [2.75, 3.05) is 23.5 Å². The lowest BCUT2D eigenvalue weighted by molar-refractivity contribution is 0.416. The van der Waals surface area contributed by atoms with Crippen molar-refractivity contribution in [3.8, 4) is 22.9 Å². The molecule has 1 saturated carbocycles. The summed E-state index contributed by atoms with van der Waals surface area (Å²) in [6.07, 6.45) is 9.55. The van der Waals surface area contributed by atoms with Crippen molar-refractivity contribution >= 4 is 23.0 Å². The monoisotopic (exact) mass is 417 g/mol. The van der Waals surface area contributed by atoms with Crippen molar-refractivity contribution in [1.29, 1.82) is 5.26 Å². The van der Waals surface area contributed by atoms with Crippen LogP contribution >= 0.6 is 0 Å². The van der Waals surface area contributed by atoms with Crippen LogP contribution < -0.4 is 21.1 Å². The lowest BCUT2D eigenvalue weighted by Crippen LogP contribution is -2.23. The molecule has 0 spiro atoms. The molecule has 1 fully saturated rings. The molecule has 4 rings (SSSR count). The van der Waals surface area contributed by atoms with E-state index in [2.05, 4.69) is 26.8 Å². The largest absolute Gasteiger partial charge is 0.496 e. The first-order valence-corrected chi connectivity index (χ1v) is 10.5. The van der Waals surface area contributed by atoms with Gasteiger partial charge in [-0.1, -0.05) is 19.3 Å². The molecule has 1 aromatic carbocycles. The third kappa shape index (κ3) is 4.56. The van der Waals surface area contributed by atoms with Crippen LogP contribution in [0.5, 0.6) is 5.75 Å². The number of benzene rings is 1. The van der Waals surface area contributed by atoms with Crippen molar-refractivity contribution in [1.82, 2.24) is 14.8 Å². The molecule has 31 heavy (non-hydrogen) atoms. The number of nitrogens with two attached hydrogens (primary N) is 1. The molecular formula is C23H27N7O. The summed E-state index contributed by atoms with van der Waals surface area (Å²) in [6.45, 7) is 0. The van der Waals surface area contributed by atoms with E-state index in [0.29, 0.717) is 28.9 Å². The highest BCUT2D eigenvalue weighted by Crippen LogP contribution is 2.34. The van der Waals surface area contributed by atoms with Gasteiger partial charge in [-0.2, -0.15) is 10.4 Å². The van der Waals surface area contributed by atoms with E-state index in [1.807, 2.05) is 31.4 Å². The number of anilines is 4. The normalized spacial score (nSPS) is 14.1. The number of ether oxygens (including phenoxy) is 1. The van der Waals surface area contributed by atoms with E-state index in [0.717, 1.165) is 35.4 Å². The average molecular weight is 418 g/mol. The third-order valence-corrected chi connectivity index (χ3v) is 5.60. The van der Waals surface area contributed by atoms with E-state index in [-0.39, 0.29) is 0 Å². The molecule has 0 bridgehead atoms. The fraction of sp³-hybridized carbons (Fsp3) is 0.348. The van der Waals surface area contributed by atoms with Crippen LogP contribution in [0.4, 0.5) is 23.0 Å². The summed E-state index contributed by atoms with van der Waals surface area (Å²) in [5, 5.41) is 20.5. The highest BCUT2D eigenvalue weighted by atomic mass is 16.5. The van der Waals surface area contributed by atoms with Crippen LogP contribution in [0.15, 0.2) is 36.7 Å². The first-order valence-electron chi connectivity index (χ1n) is 10.5. The standard InChI is InChI=1S/C23H27N7O/c1-30-14-15(13-26-30)18-9-8-17(10-21(18)31-2)27-22-11-20(25)19(12-24)23(29-22)28-16-6-4-3-5-7-16/h8-11,13-14,16H,3-7H2,1-2H3,(H4,25,27,28,29). The quantitative estimate of drug-likeness (QED) is 0.543. The van der Waals surface area contributed by atoms with Gasteiger partial charge in [-0.05, 0) is 25.0 Å². The molecule has 1 aliphatic rings. The third-order valence-electron chi connectivity index (χ3n) is 5.60. The summed E-state index contributed by atoms with van der Waals surface area (Å²) in [5.41, 5.74) is 9.70. The number of aryl methyl sites for hydroxylation is 1. The van der Waals surface area contributed by atoms with Crippen molar-refractivity contribution in [2.45, 2.75) is 38.1 Å². The number of rotatable bonds is 6. The van der Waals surface area contributed by atoms with Crippen LogP contribution in [-0.2, 0) is 7.05 Å². The van der Waals surface area contributed by atoms with Crippen molar-refractivity contribution in [3.05, 3.63) is 42.2 Å². The van der Waals surface area contributed by atoms with Gasteiger partial charge in [0.1, 0.15) is 29.0 Å². The summed E-state index contributed by atoms with van der Waals surface area (Å²) in [6, 6.07) is 10.0. The van der Waals surface area contributed by atoms with Gasteiger partial charge in [-0.25, -0.2) is 4.98 Å². The second kappa shape index (κ2) is 8.96. The first kappa shape index (κ1) is 20.5. The molecule has 8 heteroatoms. The highest BCUT2D eigenvalue weighted by molar-refractivity contribution is 5.76. The second-order valence-electron chi connectivity index (χ2n) is 7.85. The maximum Gasteiger partial charge on any atom is 0.148 e. The Kier molecular flexibility index (Phi) is 5.94. The number of methoxy groups -OCH3 is 1. The van der Waals surface area contributed by atoms with Crippen LogP contribution in [0, 0.1) is 11.3 Å². The Morgan fingerprint density at radius 3 is 2.71 bits per heavy atom. The molecule has 0 atom stereocenters. The van der Waals surface area contributed by atoms with Gasteiger partial charge in [0.15, 0.2) is 0 Å². The van der Waals surface area contributed by atoms with Gasteiger partial charge in [-0.3, -0.25) is 4.68 Å². The SMILES string of the molecule is COc1cc(Nc2cc(N)c(C#N)c(NC3CCCCC3)n2)ccc1-c1cnn(C)c1. The minimum Gasteiger partial charge on any atom is -0.496 e. The van der Waals surface area contributed by atoms with Gasteiger partial charge in [0.2, 0.25) is 0 Å². The number of nitrogens with one attached hydrogen (secondary N) is 2. The second-order valence-corrected chi connectivity index (χ2v) is 7.85. The predicted molar refractivity (Wildman–Crippen MR) is 122 cm³/mol. The topological polar surface area (TPSA) is 114 Å². The average Bonchev–Trinajstić information content (AvgIpc) is 3.20. The molecule has 3 aromatic rings. The zero-order chi connectivity index (χ0) is 21.8. The summed E-state index contributed by atoms with van der Waals surface area (Å²) in [7, 11) is 3.52. The molecule has 0 aliphatic heterocycles. The predicted octanol–water partition coefficient (Wildman–Crippen LogP) is 4.43. The number of aromatic nitrogens is 3. The highest BCUT2D eigenvalue weighted by Gasteiger charge is 2.18. The van der Waals surface area contributed by atoms with Crippen molar-refractivity contribution < 1.29 is 4.74 Å². The van der Waals surface area contributed by atoms with Gasteiger partial charge in [0.25, 0.3) is 0 Å². The zero-order valence-corrected chi connectivity index (χ0v) is 17.9. The van der Waals surface area contributed by atoms with E-state index >= 15 is 0 Å². The van der Waals surface area contributed by atoms with Gasteiger partial charge in [0.05, 0.1) is 19.0 Å². The molecule has 1 aliphatic carbocycles. The number of nitrogens with zero attached hydrogens (tertiary/aromatic N) is 4. The minimum absolute atomic E-state index is 0.321. The van der Waals surface area contributed by atoms with Crippen molar-refractivity contribution in [3.63, 3.8) is 0 Å². The summed E-state index contributed by atoms with van der Waals surface area (Å²) < 4.78 is 7.35. The molecule has 0 radical (unpaired) electrons. The molecule has 2 aromatic heterocycles. The van der Waals surface area contributed by atoms with E-state index in [4.69, 9.17) is 10.5 Å². The first-order chi connectivity index (χ1) is 15.1. The molecule has 0 saturated heterocycles. The molecule has 0 unspecified atom stereocenters. The van der Waals surface area contributed by atoms with Crippen LogP contribution in [0.1, 0.15) is 37.7 Å². The molecule has 2 heterocycles. The summed E-state index contributed by atoms with van der Waals surface area (Å²) in [4.78, 5) is 4.65. The molecule has 4 N–H and O–H groups in total. The summed E-state index contributed by atoms with van der Waals surface area (Å²) >= 11 is 0. The summed E-state index contributed by atoms with van der Waals surface area (Å²) in [5.74, 6) is 1.84. The van der Waals surface area contributed by atoms with Crippen molar-refractivity contribution in [2.24, 2.45) is 7.05 Å². The number of nitrogen functional groups attached to an aromatic ring is 1. The lowest BCUT2D eigenvalue weighted by atomic mass is 9.95. The Labute approximate surface area is 182 Å². The zero-order valence-electron chi connectivity index (χ0n) is 17.9.